The molecule has 0 aromatic carbocycles. The second-order valence-electron chi connectivity index (χ2n) is 5.16. The number of piperazine rings is 1. The number of hydrogen-bond donors (Lipinski definition) is 1. The summed E-state index contributed by atoms with van der Waals surface area (Å²) in [6.07, 6.45) is 4.09. The zero-order chi connectivity index (χ0) is 13.2. The molecule has 4 nitrogen and oxygen atoms in total. The summed E-state index contributed by atoms with van der Waals surface area (Å²) in [5, 5.41) is 12.8. The molecule has 4 heteroatoms. The third-order valence-electron chi connectivity index (χ3n) is 3.89. The van der Waals surface area contributed by atoms with E-state index < -0.39 is 0 Å². The summed E-state index contributed by atoms with van der Waals surface area (Å²) in [6, 6.07) is 8.85. The summed E-state index contributed by atoms with van der Waals surface area (Å²) in [7, 11) is 0. The van der Waals surface area contributed by atoms with Crippen LogP contribution in [0.2, 0.25) is 0 Å². The van der Waals surface area contributed by atoms with Gasteiger partial charge in [0, 0.05) is 50.2 Å². The fourth-order valence-electron chi connectivity index (χ4n) is 2.76. The Hall–Kier alpha value is -1.83. The van der Waals surface area contributed by atoms with Crippen LogP contribution < -0.4 is 5.32 Å². The van der Waals surface area contributed by atoms with E-state index in [2.05, 4.69) is 29.4 Å². The lowest BCUT2D eigenvalue weighted by atomic mass is 10.1. The summed E-state index contributed by atoms with van der Waals surface area (Å²) in [4.78, 5) is 2.44. The van der Waals surface area contributed by atoms with E-state index in [0.29, 0.717) is 6.04 Å². The number of rotatable bonds is 2. The Morgan fingerprint density at radius 2 is 2.37 bits per heavy atom. The largest absolute Gasteiger partial charge is 0.322 e. The van der Waals surface area contributed by atoms with Crippen molar-refractivity contribution >= 4 is 5.52 Å². The molecule has 0 unspecified atom stereocenters. The Kier molecular flexibility index (Phi) is 3.24. The first-order chi connectivity index (χ1) is 9.29. The lowest BCUT2D eigenvalue weighted by Crippen LogP contribution is -2.49. The number of nitrogens with one attached hydrogen (secondary N) is 1. The van der Waals surface area contributed by atoms with E-state index in [9.17, 15) is 5.26 Å². The molecule has 3 rings (SSSR count). The van der Waals surface area contributed by atoms with Crippen LogP contribution in [-0.4, -0.2) is 35.0 Å². The molecule has 1 N–H and O–H groups in total. The number of aromatic nitrogens is 1. The summed E-state index contributed by atoms with van der Waals surface area (Å²) >= 11 is 0. The lowest BCUT2D eigenvalue weighted by molar-refractivity contribution is 0.165. The normalized spacial score (nSPS) is 20.5. The molecule has 1 atom stereocenters. The third-order valence-corrected chi connectivity index (χ3v) is 3.89. The highest BCUT2D eigenvalue weighted by molar-refractivity contribution is 5.65. The van der Waals surface area contributed by atoms with Crippen LogP contribution >= 0.6 is 0 Å². The van der Waals surface area contributed by atoms with Crippen molar-refractivity contribution in [3.8, 4) is 6.07 Å². The molecule has 98 valence electrons. The van der Waals surface area contributed by atoms with E-state index >= 15 is 0 Å². The maximum absolute atomic E-state index is 9.41. The van der Waals surface area contributed by atoms with Crippen molar-refractivity contribution in [2.45, 2.75) is 19.5 Å². The average molecular weight is 254 g/mol. The lowest BCUT2D eigenvalue weighted by Gasteiger charge is -2.33. The zero-order valence-corrected chi connectivity index (χ0v) is 11.1. The van der Waals surface area contributed by atoms with Crippen LogP contribution in [0.15, 0.2) is 30.6 Å². The highest BCUT2D eigenvalue weighted by Crippen LogP contribution is 2.20. The first-order valence-corrected chi connectivity index (χ1v) is 6.73. The van der Waals surface area contributed by atoms with Gasteiger partial charge >= 0.3 is 0 Å². The Morgan fingerprint density at radius 3 is 3.16 bits per heavy atom. The van der Waals surface area contributed by atoms with Crippen LogP contribution in [0.4, 0.5) is 0 Å². The Labute approximate surface area is 113 Å². The Morgan fingerprint density at radius 1 is 1.47 bits per heavy atom. The zero-order valence-electron chi connectivity index (χ0n) is 11.1. The van der Waals surface area contributed by atoms with Crippen molar-refractivity contribution in [2.24, 2.45) is 0 Å². The molecule has 0 amide bonds. The van der Waals surface area contributed by atoms with Crippen LogP contribution in [0, 0.1) is 11.3 Å². The molecule has 1 aliphatic heterocycles. The second kappa shape index (κ2) is 5.04. The van der Waals surface area contributed by atoms with E-state index in [0.717, 1.165) is 42.8 Å². The molecule has 2 aromatic rings. The van der Waals surface area contributed by atoms with Crippen molar-refractivity contribution in [1.29, 1.82) is 5.26 Å². The molecule has 0 bridgehead atoms. The Balaban J connectivity index is 1.94. The molecule has 2 aromatic heterocycles. The summed E-state index contributed by atoms with van der Waals surface area (Å²) in [6.45, 7) is 6.18. The molecule has 1 saturated heterocycles. The molecular weight excluding hydrogens is 236 g/mol. The smallest absolute Gasteiger partial charge is 0.102 e. The van der Waals surface area contributed by atoms with Gasteiger partial charge in [-0.2, -0.15) is 5.26 Å². The van der Waals surface area contributed by atoms with E-state index in [1.165, 1.54) is 0 Å². The molecule has 0 spiro atoms. The van der Waals surface area contributed by atoms with Crippen molar-refractivity contribution in [2.75, 3.05) is 19.6 Å². The van der Waals surface area contributed by atoms with Crippen molar-refractivity contribution in [3.05, 3.63) is 41.7 Å². The molecule has 0 aliphatic carbocycles. The fraction of sp³-hybridized carbons (Fsp3) is 0.400. The number of fused-ring (bicyclic) bond motifs is 1. The van der Waals surface area contributed by atoms with Crippen molar-refractivity contribution < 1.29 is 0 Å². The van der Waals surface area contributed by atoms with Crippen LogP contribution in [0.3, 0.4) is 0 Å². The van der Waals surface area contributed by atoms with Crippen molar-refractivity contribution in [3.63, 3.8) is 0 Å². The van der Waals surface area contributed by atoms with E-state index in [4.69, 9.17) is 0 Å². The van der Waals surface area contributed by atoms with Gasteiger partial charge < -0.3 is 9.72 Å². The first kappa shape index (κ1) is 12.2. The van der Waals surface area contributed by atoms with Gasteiger partial charge in [-0.05, 0) is 19.1 Å². The second-order valence-corrected chi connectivity index (χ2v) is 5.16. The number of hydrogen-bond acceptors (Lipinski definition) is 3. The number of nitriles is 1. The highest BCUT2D eigenvalue weighted by atomic mass is 15.2. The van der Waals surface area contributed by atoms with Gasteiger partial charge in [0.15, 0.2) is 0 Å². The molecule has 0 saturated carbocycles. The summed E-state index contributed by atoms with van der Waals surface area (Å²) in [5.74, 6) is 0. The molecule has 0 radical (unpaired) electrons. The van der Waals surface area contributed by atoms with Gasteiger partial charge in [-0.3, -0.25) is 4.90 Å². The minimum atomic E-state index is 0.517. The SMILES string of the molecule is C[C@H]1CNCCN1Cc1cn2ccccc2c1C#N. The van der Waals surface area contributed by atoms with E-state index in [-0.39, 0.29) is 0 Å². The first-order valence-electron chi connectivity index (χ1n) is 6.73. The quantitative estimate of drug-likeness (QED) is 0.885. The van der Waals surface area contributed by atoms with Gasteiger partial charge in [-0.1, -0.05) is 6.07 Å². The molecule has 1 aliphatic rings. The van der Waals surface area contributed by atoms with Crippen LogP contribution in [0.1, 0.15) is 18.1 Å². The standard InChI is InChI=1S/C15H18N4/c1-12-9-17-5-7-18(12)10-13-11-19-6-3-2-4-15(19)14(13)8-16/h2-4,6,11-12,17H,5,7,9-10H2,1H3/t12-/m0/s1. The molecule has 1 fully saturated rings. The van der Waals surface area contributed by atoms with E-state index in [1.54, 1.807) is 0 Å². The van der Waals surface area contributed by atoms with Gasteiger partial charge in [0.2, 0.25) is 0 Å². The topological polar surface area (TPSA) is 43.5 Å². The summed E-state index contributed by atoms with van der Waals surface area (Å²) in [5.41, 5.74) is 2.94. The molecule has 19 heavy (non-hydrogen) atoms. The minimum absolute atomic E-state index is 0.517. The monoisotopic (exact) mass is 254 g/mol. The minimum Gasteiger partial charge on any atom is -0.322 e. The van der Waals surface area contributed by atoms with Gasteiger partial charge in [-0.15, -0.1) is 0 Å². The maximum atomic E-state index is 9.41. The third kappa shape index (κ3) is 2.23. The molecular formula is C15H18N4. The predicted molar refractivity (Wildman–Crippen MR) is 74.9 cm³/mol. The number of pyridine rings is 1. The predicted octanol–water partition coefficient (Wildman–Crippen LogP) is 1.60. The van der Waals surface area contributed by atoms with Crippen LogP contribution in [0.5, 0.6) is 0 Å². The van der Waals surface area contributed by atoms with Crippen LogP contribution in [-0.2, 0) is 6.54 Å². The number of nitrogens with zero attached hydrogens (tertiary/aromatic N) is 3. The van der Waals surface area contributed by atoms with Gasteiger partial charge in [0.05, 0.1) is 11.1 Å². The molecule has 3 heterocycles. The van der Waals surface area contributed by atoms with Crippen molar-refractivity contribution in [1.82, 2.24) is 14.6 Å². The maximum Gasteiger partial charge on any atom is 0.102 e. The highest BCUT2D eigenvalue weighted by Gasteiger charge is 2.20. The summed E-state index contributed by atoms with van der Waals surface area (Å²) < 4.78 is 2.04. The van der Waals surface area contributed by atoms with Gasteiger partial charge in [0.25, 0.3) is 0 Å². The average Bonchev–Trinajstić information content (AvgIpc) is 2.78. The van der Waals surface area contributed by atoms with Crippen LogP contribution in [0.25, 0.3) is 5.52 Å². The fourth-order valence-corrected chi connectivity index (χ4v) is 2.76. The van der Waals surface area contributed by atoms with Gasteiger partial charge in [0.1, 0.15) is 6.07 Å². The van der Waals surface area contributed by atoms with E-state index in [1.807, 2.05) is 28.8 Å². The Bertz CT molecular complexity index is 623. The van der Waals surface area contributed by atoms with Gasteiger partial charge in [-0.25, -0.2) is 0 Å².